The van der Waals surface area contributed by atoms with Crippen molar-refractivity contribution in [2.45, 2.75) is 477 Å². The molecule has 0 aromatic heterocycles. The van der Waals surface area contributed by atoms with Crippen LogP contribution in [-0.4, -0.2) is 96.7 Å². The van der Waals surface area contributed by atoms with E-state index >= 15 is 0 Å². The van der Waals surface area contributed by atoms with Crippen LogP contribution in [0.1, 0.15) is 458 Å². The van der Waals surface area contributed by atoms with E-state index in [-0.39, 0.29) is 25.7 Å². The molecular weight excluding hydrogens is 1350 g/mol. The summed E-state index contributed by atoms with van der Waals surface area (Å²) < 4.78 is 68.9. The maximum absolute atomic E-state index is 13.1. The van der Waals surface area contributed by atoms with Gasteiger partial charge in [0.15, 0.2) is 12.2 Å². The molecule has 0 rings (SSSR count). The summed E-state index contributed by atoms with van der Waals surface area (Å²) in [5.74, 6) is -1.30. The van der Waals surface area contributed by atoms with Gasteiger partial charge in [-0.05, 0) is 31.6 Å². The lowest BCUT2D eigenvalue weighted by Crippen LogP contribution is -2.30. The normalized spacial score (nSPS) is 13.8. The van der Waals surface area contributed by atoms with Crippen molar-refractivity contribution in [1.29, 1.82) is 0 Å². The topological polar surface area (TPSA) is 237 Å². The minimum Gasteiger partial charge on any atom is -0.462 e. The predicted molar refractivity (Wildman–Crippen MR) is 428 cm³/mol. The highest BCUT2D eigenvalue weighted by atomic mass is 31.2. The molecule has 5 atom stereocenters. The van der Waals surface area contributed by atoms with Gasteiger partial charge in [-0.3, -0.25) is 37.3 Å². The van der Waals surface area contributed by atoms with Crippen molar-refractivity contribution in [3.05, 3.63) is 0 Å². The zero-order chi connectivity index (χ0) is 76.2. The number of ether oxygens (including phenoxy) is 4. The van der Waals surface area contributed by atoms with Gasteiger partial charge < -0.3 is 33.8 Å². The molecule has 0 spiro atoms. The summed E-state index contributed by atoms with van der Waals surface area (Å²) in [6.45, 7) is 7.39. The molecule has 0 heterocycles. The largest absolute Gasteiger partial charge is 0.472 e. The number of esters is 4. The van der Waals surface area contributed by atoms with Gasteiger partial charge in [0.05, 0.1) is 26.4 Å². The number of aliphatic hydroxyl groups excluding tert-OH is 1. The van der Waals surface area contributed by atoms with Crippen LogP contribution in [-0.2, 0) is 65.4 Å². The third kappa shape index (κ3) is 78.2. The summed E-state index contributed by atoms with van der Waals surface area (Å²) >= 11 is 0. The molecule has 618 valence electrons. The number of carbonyl (C=O) groups excluding carboxylic acids is 4. The van der Waals surface area contributed by atoms with Gasteiger partial charge in [0.25, 0.3) is 0 Å². The minimum absolute atomic E-state index is 0.109. The first-order chi connectivity index (χ1) is 50.5. The summed E-state index contributed by atoms with van der Waals surface area (Å²) in [5, 5.41) is 10.7. The van der Waals surface area contributed by atoms with E-state index in [2.05, 4.69) is 34.6 Å². The Morgan fingerprint density at radius 3 is 0.654 bits per heavy atom. The predicted octanol–water partition coefficient (Wildman–Crippen LogP) is 26.0. The SMILES string of the molecule is CCCCCCCCCCCCCCCCCCCC(=O)OC[C@H](COP(=O)(O)OC[C@@H](O)COP(=O)(O)OC[C@@H](COC(=O)CCCCCCCCCCCCCCC)OC(=O)CCCCCCCCCCCCCCCCCCC)OC(=O)CCCCCCCCCCCCCCCCC(C)C. The van der Waals surface area contributed by atoms with Gasteiger partial charge in [0.2, 0.25) is 0 Å². The minimum atomic E-state index is -4.96. The van der Waals surface area contributed by atoms with Gasteiger partial charge in [-0.25, -0.2) is 9.13 Å². The average Bonchev–Trinajstić information content (AvgIpc) is 0.903. The monoisotopic (exact) mass is 1520 g/mol. The van der Waals surface area contributed by atoms with Crippen molar-refractivity contribution >= 4 is 39.5 Å². The summed E-state index contributed by atoms with van der Waals surface area (Å²) in [6.07, 6.45) is 70.6. The second kappa shape index (κ2) is 77.8. The maximum Gasteiger partial charge on any atom is 0.472 e. The Hall–Kier alpha value is -1.94. The molecule has 19 heteroatoms. The number of hydrogen-bond acceptors (Lipinski definition) is 15. The third-order valence-corrected chi connectivity index (χ3v) is 21.9. The molecule has 17 nitrogen and oxygen atoms in total. The first kappa shape index (κ1) is 102. The second-order valence-corrected chi connectivity index (χ2v) is 34.0. The van der Waals surface area contributed by atoms with Gasteiger partial charge in [0.1, 0.15) is 19.3 Å². The highest BCUT2D eigenvalue weighted by Gasteiger charge is 2.30. The Morgan fingerprint density at radius 2 is 0.442 bits per heavy atom. The average molecular weight is 1520 g/mol. The van der Waals surface area contributed by atoms with Gasteiger partial charge in [-0.2, -0.15) is 0 Å². The van der Waals surface area contributed by atoms with Gasteiger partial charge in [0, 0.05) is 25.7 Å². The van der Waals surface area contributed by atoms with E-state index in [9.17, 15) is 43.2 Å². The van der Waals surface area contributed by atoms with E-state index in [4.69, 9.17) is 37.0 Å². The number of rotatable bonds is 85. The van der Waals surface area contributed by atoms with E-state index in [1.54, 1.807) is 0 Å². The van der Waals surface area contributed by atoms with Gasteiger partial charge in [-0.15, -0.1) is 0 Å². The van der Waals surface area contributed by atoms with Crippen LogP contribution in [0, 0.1) is 5.92 Å². The molecule has 104 heavy (non-hydrogen) atoms. The molecule has 0 radical (unpaired) electrons. The van der Waals surface area contributed by atoms with Crippen LogP contribution < -0.4 is 0 Å². The Bertz CT molecular complexity index is 1980. The number of unbranched alkanes of at least 4 members (excludes halogenated alkanes) is 57. The molecule has 0 amide bonds. The summed E-state index contributed by atoms with van der Waals surface area (Å²) in [7, 11) is -9.93. The van der Waals surface area contributed by atoms with E-state index in [1.807, 2.05) is 0 Å². The number of hydrogen-bond donors (Lipinski definition) is 3. The van der Waals surface area contributed by atoms with E-state index in [0.29, 0.717) is 25.7 Å². The Morgan fingerprint density at radius 1 is 0.260 bits per heavy atom. The fraction of sp³-hybridized carbons (Fsp3) is 0.953. The van der Waals surface area contributed by atoms with Crippen LogP contribution in [0.5, 0.6) is 0 Å². The fourth-order valence-corrected chi connectivity index (χ4v) is 14.9. The van der Waals surface area contributed by atoms with E-state index < -0.39 is 97.5 Å². The summed E-state index contributed by atoms with van der Waals surface area (Å²) in [6, 6.07) is 0. The van der Waals surface area contributed by atoms with Crippen molar-refractivity contribution in [3.63, 3.8) is 0 Å². The standard InChI is InChI=1S/C85H166O17P2/c1-6-9-12-15-18-21-24-27-29-31-33-39-44-49-54-59-64-69-83(88)96-75-81(102-85(90)71-66-61-56-51-46-41-36-35-38-42-47-52-57-62-67-78(4)5)77-100-104(93,94)98-73-79(86)72-97-103(91,92)99-76-80(74-95-82(87)68-63-58-53-48-43-37-26-23-20-17-14-11-8-3)101-84(89)70-65-60-55-50-45-40-34-32-30-28-25-22-19-16-13-10-7-2/h78-81,86H,6-77H2,1-5H3,(H,91,92)(H,93,94)/t79-,80+,81+/m0/s1. The molecule has 0 aliphatic heterocycles. The number of carbonyl (C=O) groups is 4. The highest BCUT2D eigenvalue weighted by molar-refractivity contribution is 7.47. The zero-order valence-corrected chi connectivity index (χ0v) is 70.0. The second-order valence-electron chi connectivity index (χ2n) is 31.1. The smallest absolute Gasteiger partial charge is 0.462 e. The molecule has 0 bridgehead atoms. The summed E-state index contributed by atoms with van der Waals surface area (Å²) in [5.41, 5.74) is 0. The molecule has 0 aromatic rings. The molecule has 0 aliphatic carbocycles. The number of phosphoric ester groups is 2. The molecule has 0 aromatic carbocycles. The lowest BCUT2D eigenvalue weighted by atomic mass is 10.0. The van der Waals surface area contributed by atoms with Gasteiger partial charge >= 0.3 is 39.5 Å². The highest BCUT2D eigenvalue weighted by Crippen LogP contribution is 2.45. The lowest BCUT2D eigenvalue weighted by Gasteiger charge is -2.21. The molecule has 3 N–H and O–H groups in total. The Balaban J connectivity index is 5.27. The van der Waals surface area contributed by atoms with Crippen LogP contribution in [0.25, 0.3) is 0 Å². The molecule has 0 aliphatic rings. The van der Waals surface area contributed by atoms with Crippen molar-refractivity contribution in [1.82, 2.24) is 0 Å². The number of aliphatic hydroxyl groups is 1. The molecule has 0 fully saturated rings. The van der Waals surface area contributed by atoms with E-state index in [1.165, 1.54) is 283 Å². The van der Waals surface area contributed by atoms with E-state index in [0.717, 1.165) is 95.8 Å². The quantitative estimate of drug-likeness (QED) is 0.0222. The summed E-state index contributed by atoms with van der Waals surface area (Å²) in [4.78, 5) is 73.2. The van der Waals surface area contributed by atoms with Crippen LogP contribution in [0.4, 0.5) is 0 Å². The first-order valence-corrected chi connectivity index (χ1v) is 47.1. The lowest BCUT2D eigenvalue weighted by molar-refractivity contribution is -0.161. The molecule has 0 saturated heterocycles. The zero-order valence-electron chi connectivity index (χ0n) is 68.2. The Kier molecular flexibility index (Phi) is 76.3. The van der Waals surface area contributed by atoms with Crippen molar-refractivity contribution in [2.24, 2.45) is 5.92 Å². The van der Waals surface area contributed by atoms with Crippen molar-refractivity contribution in [2.75, 3.05) is 39.6 Å². The number of phosphoric acid groups is 2. The van der Waals surface area contributed by atoms with Crippen molar-refractivity contribution < 1.29 is 80.2 Å². The van der Waals surface area contributed by atoms with Crippen LogP contribution >= 0.6 is 15.6 Å². The van der Waals surface area contributed by atoms with Crippen LogP contribution in [0.15, 0.2) is 0 Å². The van der Waals surface area contributed by atoms with Crippen LogP contribution in [0.3, 0.4) is 0 Å². The first-order valence-electron chi connectivity index (χ1n) is 44.1. The molecular formula is C85H166O17P2. The van der Waals surface area contributed by atoms with Crippen molar-refractivity contribution in [3.8, 4) is 0 Å². The third-order valence-electron chi connectivity index (χ3n) is 20.0. The van der Waals surface area contributed by atoms with Gasteiger partial charge in [-0.1, -0.05) is 407 Å². The maximum atomic E-state index is 13.1. The molecule has 0 saturated carbocycles. The van der Waals surface area contributed by atoms with Crippen LogP contribution in [0.2, 0.25) is 0 Å². The Labute approximate surface area is 638 Å². The fourth-order valence-electron chi connectivity index (χ4n) is 13.3. The molecule has 2 unspecified atom stereocenters.